The van der Waals surface area contributed by atoms with Gasteiger partial charge in [0.2, 0.25) is 0 Å². The van der Waals surface area contributed by atoms with Crippen molar-refractivity contribution >= 4 is 5.96 Å². The molecule has 142 valence electrons. The number of guanidine groups is 1. The number of ether oxygens (including phenoxy) is 3. The number of halogens is 1. The summed E-state index contributed by atoms with van der Waals surface area (Å²) in [6.45, 7) is 6.77. The predicted molar refractivity (Wildman–Crippen MR) is 97.8 cm³/mol. The molecule has 0 amide bonds. The summed E-state index contributed by atoms with van der Waals surface area (Å²) in [5.41, 5.74) is 0. The molecule has 0 aromatic heterocycles. The van der Waals surface area contributed by atoms with Crippen molar-refractivity contribution in [3.63, 3.8) is 0 Å². The lowest BCUT2D eigenvalue weighted by Crippen LogP contribution is -2.38. The van der Waals surface area contributed by atoms with E-state index in [2.05, 4.69) is 15.6 Å². The van der Waals surface area contributed by atoms with E-state index in [1.165, 1.54) is 12.1 Å². The van der Waals surface area contributed by atoms with E-state index in [1.54, 1.807) is 19.2 Å². The van der Waals surface area contributed by atoms with Gasteiger partial charge in [0.25, 0.3) is 0 Å². The molecule has 0 saturated heterocycles. The largest absolute Gasteiger partial charge is 0.494 e. The van der Waals surface area contributed by atoms with Gasteiger partial charge in [0, 0.05) is 39.8 Å². The van der Waals surface area contributed by atoms with Crippen LogP contribution in [0.3, 0.4) is 0 Å². The summed E-state index contributed by atoms with van der Waals surface area (Å²) in [6, 6.07) is 6.03. The normalized spacial score (nSPS) is 11.4. The van der Waals surface area contributed by atoms with E-state index in [4.69, 9.17) is 14.2 Å². The van der Waals surface area contributed by atoms with E-state index >= 15 is 0 Å². The van der Waals surface area contributed by atoms with Gasteiger partial charge in [-0.3, -0.25) is 4.99 Å². The summed E-state index contributed by atoms with van der Waals surface area (Å²) in [6.07, 6.45) is 1.69. The first-order valence-electron chi connectivity index (χ1n) is 8.73. The highest BCUT2D eigenvalue weighted by molar-refractivity contribution is 5.79. The molecular formula is C18H30FN3O3. The lowest BCUT2D eigenvalue weighted by atomic mass is 10.3. The second kappa shape index (κ2) is 14.5. The second-order valence-corrected chi connectivity index (χ2v) is 5.30. The molecule has 7 heteroatoms. The molecule has 1 aromatic carbocycles. The number of aliphatic imine (C=N–C) groups is 1. The standard InChI is InChI=1S/C18H30FN3O3/c1-3-20-18(21-10-4-12-24-15-14-23-2)22-11-5-13-25-17-8-6-16(19)7-9-17/h6-9H,3-5,10-15H2,1-2H3,(H2,20,21,22). The molecule has 0 fully saturated rings. The van der Waals surface area contributed by atoms with E-state index in [0.29, 0.717) is 38.7 Å². The molecule has 0 aliphatic rings. The molecule has 0 unspecified atom stereocenters. The maximum Gasteiger partial charge on any atom is 0.191 e. The number of nitrogens with zero attached hydrogens (tertiary/aromatic N) is 1. The van der Waals surface area contributed by atoms with Gasteiger partial charge < -0.3 is 24.8 Å². The Hall–Kier alpha value is -1.86. The molecule has 1 rings (SSSR count). The fraction of sp³-hybridized carbons (Fsp3) is 0.611. The topological polar surface area (TPSA) is 64.1 Å². The van der Waals surface area contributed by atoms with E-state index in [1.807, 2.05) is 6.92 Å². The average molecular weight is 355 g/mol. The summed E-state index contributed by atoms with van der Waals surface area (Å²) < 4.78 is 28.7. The van der Waals surface area contributed by atoms with Crippen LogP contribution in [0.2, 0.25) is 0 Å². The van der Waals surface area contributed by atoms with Crippen molar-refractivity contribution in [3.8, 4) is 5.75 Å². The first kappa shape index (κ1) is 21.2. The van der Waals surface area contributed by atoms with Crippen molar-refractivity contribution < 1.29 is 18.6 Å². The minimum Gasteiger partial charge on any atom is -0.494 e. The number of nitrogens with one attached hydrogen (secondary N) is 2. The zero-order chi connectivity index (χ0) is 18.2. The van der Waals surface area contributed by atoms with Gasteiger partial charge >= 0.3 is 0 Å². The van der Waals surface area contributed by atoms with Crippen LogP contribution in [-0.2, 0) is 9.47 Å². The van der Waals surface area contributed by atoms with Crippen molar-refractivity contribution in [1.29, 1.82) is 0 Å². The Balaban J connectivity index is 2.13. The Morgan fingerprint density at radius 3 is 2.56 bits per heavy atom. The third-order valence-corrected chi connectivity index (χ3v) is 3.19. The summed E-state index contributed by atoms with van der Waals surface area (Å²) in [4.78, 5) is 4.50. The summed E-state index contributed by atoms with van der Waals surface area (Å²) in [5.74, 6) is 1.20. The summed E-state index contributed by atoms with van der Waals surface area (Å²) in [7, 11) is 1.66. The molecule has 2 N–H and O–H groups in total. The van der Waals surface area contributed by atoms with Gasteiger partial charge in [-0.1, -0.05) is 0 Å². The average Bonchev–Trinajstić information content (AvgIpc) is 2.62. The van der Waals surface area contributed by atoms with E-state index in [9.17, 15) is 4.39 Å². The predicted octanol–water partition coefficient (Wildman–Crippen LogP) is 2.20. The molecule has 25 heavy (non-hydrogen) atoms. The molecular weight excluding hydrogens is 325 g/mol. The molecule has 0 radical (unpaired) electrons. The molecule has 0 aliphatic carbocycles. The van der Waals surface area contributed by atoms with Gasteiger partial charge in [0.1, 0.15) is 11.6 Å². The van der Waals surface area contributed by atoms with Crippen molar-refractivity contribution in [3.05, 3.63) is 30.1 Å². The molecule has 6 nitrogen and oxygen atoms in total. The van der Waals surface area contributed by atoms with Gasteiger partial charge in [-0.2, -0.15) is 0 Å². The van der Waals surface area contributed by atoms with E-state index in [-0.39, 0.29) is 5.82 Å². The van der Waals surface area contributed by atoms with Crippen LogP contribution < -0.4 is 15.4 Å². The number of hydrogen-bond acceptors (Lipinski definition) is 4. The smallest absolute Gasteiger partial charge is 0.191 e. The maximum atomic E-state index is 12.8. The molecule has 0 spiro atoms. The highest BCUT2D eigenvalue weighted by atomic mass is 19.1. The van der Waals surface area contributed by atoms with Gasteiger partial charge in [0.15, 0.2) is 5.96 Å². The Morgan fingerprint density at radius 2 is 1.84 bits per heavy atom. The molecule has 0 saturated carbocycles. The quantitative estimate of drug-likeness (QED) is 0.323. The number of rotatable bonds is 13. The van der Waals surface area contributed by atoms with Crippen LogP contribution in [0.4, 0.5) is 4.39 Å². The van der Waals surface area contributed by atoms with Crippen molar-refractivity contribution in [1.82, 2.24) is 10.6 Å². The Labute approximate surface area is 149 Å². The first-order chi connectivity index (χ1) is 12.3. The third kappa shape index (κ3) is 11.3. The number of hydrogen-bond donors (Lipinski definition) is 2. The minimum atomic E-state index is -0.262. The highest BCUT2D eigenvalue weighted by Gasteiger charge is 1.98. The number of benzene rings is 1. The molecule has 0 atom stereocenters. The molecule has 0 heterocycles. The minimum absolute atomic E-state index is 0.262. The second-order valence-electron chi connectivity index (χ2n) is 5.30. The van der Waals surface area contributed by atoms with Crippen LogP contribution in [0, 0.1) is 5.82 Å². The van der Waals surface area contributed by atoms with Crippen molar-refractivity contribution in [2.45, 2.75) is 19.8 Å². The Morgan fingerprint density at radius 1 is 1.04 bits per heavy atom. The fourth-order valence-corrected chi connectivity index (χ4v) is 1.94. The van der Waals surface area contributed by atoms with Crippen molar-refractivity contribution in [2.75, 3.05) is 53.2 Å². The van der Waals surface area contributed by atoms with Crippen LogP contribution in [0.15, 0.2) is 29.3 Å². The van der Waals surface area contributed by atoms with Gasteiger partial charge in [-0.15, -0.1) is 0 Å². The van der Waals surface area contributed by atoms with Gasteiger partial charge in [-0.25, -0.2) is 4.39 Å². The van der Waals surface area contributed by atoms with Gasteiger partial charge in [0.05, 0.1) is 19.8 Å². The van der Waals surface area contributed by atoms with Crippen LogP contribution in [0.5, 0.6) is 5.75 Å². The third-order valence-electron chi connectivity index (χ3n) is 3.19. The van der Waals surface area contributed by atoms with E-state index < -0.39 is 0 Å². The lowest BCUT2D eigenvalue weighted by Gasteiger charge is -2.11. The first-order valence-corrected chi connectivity index (χ1v) is 8.73. The Bertz CT molecular complexity index is 469. The highest BCUT2D eigenvalue weighted by Crippen LogP contribution is 2.10. The van der Waals surface area contributed by atoms with Crippen LogP contribution in [0.1, 0.15) is 19.8 Å². The molecule has 0 aliphatic heterocycles. The summed E-state index contributed by atoms with van der Waals surface area (Å²) >= 11 is 0. The van der Waals surface area contributed by atoms with Crippen molar-refractivity contribution in [2.24, 2.45) is 4.99 Å². The monoisotopic (exact) mass is 355 g/mol. The van der Waals surface area contributed by atoms with E-state index in [0.717, 1.165) is 31.9 Å². The fourth-order valence-electron chi connectivity index (χ4n) is 1.94. The number of methoxy groups -OCH3 is 1. The molecule has 0 bridgehead atoms. The lowest BCUT2D eigenvalue weighted by molar-refractivity contribution is 0.0698. The zero-order valence-electron chi connectivity index (χ0n) is 15.2. The van der Waals surface area contributed by atoms with Crippen LogP contribution in [0.25, 0.3) is 0 Å². The molecule has 1 aromatic rings. The van der Waals surface area contributed by atoms with Crippen LogP contribution in [-0.4, -0.2) is 59.1 Å². The van der Waals surface area contributed by atoms with Gasteiger partial charge in [-0.05, 0) is 37.6 Å². The maximum absolute atomic E-state index is 12.8. The van der Waals surface area contributed by atoms with Crippen LogP contribution >= 0.6 is 0 Å². The zero-order valence-corrected chi connectivity index (χ0v) is 15.2. The SMILES string of the molecule is CCNC(=NCCCOc1ccc(F)cc1)NCCCOCCOC. The Kier molecular flexibility index (Phi) is 12.3. The summed E-state index contributed by atoms with van der Waals surface area (Å²) in [5, 5.41) is 6.48.